The number of benzene rings is 1. The Labute approximate surface area is 134 Å². The van der Waals surface area contributed by atoms with E-state index in [-0.39, 0.29) is 18.1 Å². The molecule has 0 aliphatic rings. The van der Waals surface area contributed by atoms with Crippen LogP contribution in [0.3, 0.4) is 0 Å². The average Bonchev–Trinajstić information content (AvgIpc) is 2.47. The van der Waals surface area contributed by atoms with Gasteiger partial charge in [-0.05, 0) is 37.8 Å². The molecule has 0 aromatic heterocycles. The molecule has 126 valence electrons. The van der Waals surface area contributed by atoms with Crippen LogP contribution in [0.2, 0.25) is 0 Å². The van der Waals surface area contributed by atoms with E-state index in [1.807, 2.05) is 0 Å². The van der Waals surface area contributed by atoms with E-state index >= 15 is 0 Å². The van der Waals surface area contributed by atoms with Crippen LogP contribution in [-0.4, -0.2) is 33.0 Å². The first-order valence-electron chi connectivity index (χ1n) is 6.73. The van der Waals surface area contributed by atoms with E-state index in [2.05, 4.69) is 0 Å². The molecular weight excluding hydrogens is 353 g/mol. The number of rotatable bonds is 9. The zero-order chi connectivity index (χ0) is 16.9. The predicted octanol–water partition coefficient (Wildman–Crippen LogP) is 3.83. The molecule has 0 unspecified atom stereocenters. The van der Waals surface area contributed by atoms with Crippen molar-refractivity contribution in [2.24, 2.45) is 0 Å². The van der Waals surface area contributed by atoms with Crippen LogP contribution < -0.4 is 0 Å². The summed E-state index contributed by atoms with van der Waals surface area (Å²) in [5, 5.41) is 0. The fraction of sp³-hybridized carbons (Fsp3) is 0.538. The van der Waals surface area contributed by atoms with Gasteiger partial charge < -0.3 is 9.05 Å². The van der Waals surface area contributed by atoms with Crippen molar-refractivity contribution in [2.45, 2.75) is 30.8 Å². The first-order valence-corrected chi connectivity index (χ1v) is 11.0. The van der Waals surface area contributed by atoms with Crippen molar-refractivity contribution in [1.29, 1.82) is 0 Å². The third kappa shape index (κ3) is 4.80. The van der Waals surface area contributed by atoms with E-state index in [1.54, 1.807) is 6.07 Å². The van der Waals surface area contributed by atoms with Crippen LogP contribution in [0.15, 0.2) is 35.2 Å². The highest BCUT2D eigenvalue weighted by atomic mass is 32.5. The Morgan fingerprint density at radius 2 is 1.64 bits per heavy atom. The molecule has 4 nitrogen and oxygen atoms in total. The minimum Gasteiger partial charge on any atom is -0.326 e. The van der Waals surface area contributed by atoms with Gasteiger partial charge in [0, 0.05) is 6.42 Å². The summed E-state index contributed by atoms with van der Waals surface area (Å²) in [4.78, 5) is 0.00641. The summed E-state index contributed by atoms with van der Waals surface area (Å²) in [5.41, 5.74) is -3.50. The molecule has 0 heterocycles. The Hall–Kier alpha value is -0.400. The van der Waals surface area contributed by atoms with E-state index in [9.17, 15) is 17.2 Å². The Kier molecular flexibility index (Phi) is 7.08. The summed E-state index contributed by atoms with van der Waals surface area (Å²) in [6.45, 7) is -0.818. The first-order chi connectivity index (χ1) is 10.2. The fourth-order valence-corrected chi connectivity index (χ4v) is 5.61. The number of sulfone groups is 1. The number of alkyl halides is 2. The topological polar surface area (TPSA) is 52.6 Å². The molecule has 0 amide bonds. The van der Waals surface area contributed by atoms with Crippen molar-refractivity contribution < 1.29 is 26.2 Å². The molecule has 0 radical (unpaired) electrons. The van der Waals surface area contributed by atoms with E-state index < -0.39 is 34.2 Å². The maximum atomic E-state index is 14.3. The van der Waals surface area contributed by atoms with Gasteiger partial charge in [0.15, 0.2) is 9.84 Å². The zero-order valence-corrected chi connectivity index (χ0v) is 14.9. The van der Waals surface area contributed by atoms with Gasteiger partial charge in [0.2, 0.25) is 0 Å². The van der Waals surface area contributed by atoms with Crippen LogP contribution in [0.4, 0.5) is 8.78 Å². The van der Waals surface area contributed by atoms with Crippen LogP contribution in [0.1, 0.15) is 20.3 Å². The fourth-order valence-electron chi connectivity index (χ4n) is 1.71. The van der Waals surface area contributed by atoms with Gasteiger partial charge in [0.25, 0.3) is 6.49 Å². The zero-order valence-electron chi connectivity index (χ0n) is 12.4. The largest absolute Gasteiger partial charge is 0.326 e. The Bertz CT molecular complexity index is 610. The Morgan fingerprint density at radius 3 is 2.09 bits per heavy atom. The summed E-state index contributed by atoms with van der Waals surface area (Å²) < 4.78 is 62.7. The van der Waals surface area contributed by atoms with Gasteiger partial charge in [-0.15, -0.1) is 0 Å². The molecule has 0 saturated heterocycles. The van der Waals surface area contributed by atoms with Crippen molar-refractivity contribution in [2.75, 3.05) is 19.0 Å². The lowest BCUT2D eigenvalue weighted by molar-refractivity contribution is 0.0551. The second kappa shape index (κ2) is 7.93. The molecule has 0 saturated carbocycles. The highest BCUT2D eigenvalue weighted by Gasteiger charge is 2.48. The molecule has 0 atom stereocenters. The monoisotopic (exact) mass is 372 g/mol. The Morgan fingerprint density at radius 1 is 1.14 bits per heavy atom. The normalized spacial score (nSPS) is 13.3. The standard InChI is InChI=1S/C13H19F2O4PS2/c1-3-18-20(21,19-4-2)13(14,15)10-11-22(16,17)12-8-6-5-7-9-12/h5-9H,3-4,10-11H2,1-2H3. The summed E-state index contributed by atoms with van der Waals surface area (Å²) in [6, 6.07) is 7.46. The van der Waals surface area contributed by atoms with Gasteiger partial charge in [0.05, 0.1) is 23.9 Å². The average molecular weight is 372 g/mol. The molecule has 0 aliphatic heterocycles. The molecule has 22 heavy (non-hydrogen) atoms. The molecular formula is C13H19F2O4PS2. The van der Waals surface area contributed by atoms with Gasteiger partial charge in [-0.25, -0.2) is 8.42 Å². The maximum absolute atomic E-state index is 14.3. The third-order valence-corrected chi connectivity index (χ3v) is 8.16. The summed E-state index contributed by atoms with van der Waals surface area (Å²) in [7, 11) is -3.80. The van der Waals surface area contributed by atoms with Crippen molar-refractivity contribution in [3.63, 3.8) is 0 Å². The highest BCUT2D eigenvalue weighted by Crippen LogP contribution is 2.63. The van der Waals surface area contributed by atoms with E-state index in [4.69, 9.17) is 20.9 Å². The van der Waals surface area contributed by atoms with E-state index in [0.29, 0.717) is 0 Å². The molecule has 0 aliphatic carbocycles. The van der Waals surface area contributed by atoms with Gasteiger partial charge in [0.1, 0.15) is 0 Å². The van der Waals surface area contributed by atoms with Crippen LogP contribution >= 0.6 is 6.49 Å². The van der Waals surface area contributed by atoms with Gasteiger partial charge >= 0.3 is 5.66 Å². The lowest BCUT2D eigenvalue weighted by atomic mass is 10.4. The molecule has 1 rings (SSSR count). The van der Waals surface area contributed by atoms with E-state index in [0.717, 1.165) is 0 Å². The van der Waals surface area contributed by atoms with Crippen molar-refractivity contribution in [1.82, 2.24) is 0 Å². The Balaban J connectivity index is 2.90. The third-order valence-electron chi connectivity index (χ3n) is 2.77. The van der Waals surface area contributed by atoms with Crippen LogP contribution in [0.25, 0.3) is 0 Å². The molecule has 1 aromatic rings. The van der Waals surface area contributed by atoms with Crippen LogP contribution in [0, 0.1) is 0 Å². The highest BCUT2D eigenvalue weighted by molar-refractivity contribution is 8.10. The predicted molar refractivity (Wildman–Crippen MR) is 85.6 cm³/mol. The van der Waals surface area contributed by atoms with Crippen LogP contribution in [0.5, 0.6) is 0 Å². The summed E-state index contributed by atoms with van der Waals surface area (Å²) in [6.07, 6.45) is -0.929. The minimum atomic E-state index is -3.86. The lowest BCUT2D eigenvalue weighted by Crippen LogP contribution is -2.24. The van der Waals surface area contributed by atoms with Crippen LogP contribution in [-0.2, 0) is 30.7 Å². The minimum absolute atomic E-state index is 0.00641. The molecule has 0 N–H and O–H groups in total. The summed E-state index contributed by atoms with van der Waals surface area (Å²) in [5.74, 6) is -0.720. The molecule has 1 aromatic carbocycles. The van der Waals surface area contributed by atoms with Crippen molar-refractivity contribution in [3.05, 3.63) is 30.3 Å². The second-order valence-electron chi connectivity index (χ2n) is 4.38. The quantitative estimate of drug-likeness (QED) is 0.617. The SMILES string of the molecule is CCOP(=S)(OCC)C(F)(F)CCS(=O)(=O)c1ccccc1. The van der Waals surface area contributed by atoms with Gasteiger partial charge in [-0.1, -0.05) is 18.2 Å². The molecule has 0 spiro atoms. The second-order valence-corrected chi connectivity index (χ2v) is 10.1. The van der Waals surface area contributed by atoms with E-state index in [1.165, 1.54) is 38.1 Å². The lowest BCUT2D eigenvalue weighted by Gasteiger charge is -2.29. The smallest absolute Gasteiger partial charge is 0.321 e. The van der Waals surface area contributed by atoms with Crippen molar-refractivity contribution >= 4 is 28.1 Å². The number of hydrogen-bond donors (Lipinski definition) is 0. The van der Waals surface area contributed by atoms with Crippen molar-refractivity contribution in [3.8, 4) is 0 Å². The molecule has 9 heteroatoms. The first kappa shape index (κ1) is 19.6. The summed E-state index contributed by atoms with van der Waals surface area (Å²) >= 11 is 4.86. The number of hydrogen-bond acceptors (Lipinski definition) is 5. The number of halogens is 2. The van der Waals surface area contributed by atoms with Gasteiger partial charge in [-0.2, -0.15) is 8.78 Å². The maximum Gasteiger partial charge on any atom is 0.321 e. The van der Waals surface area contributed by atoms with Gasteiger partial charge in [-0.3, -0.25) is 0 Å². The molecule has 0 bridgehead atoms. The molecule has 0 fully saturated rings.